The van der Waals surface area contributed by atoms with Crippen molar-refractivity contribution < 1.29 is 14.3 Å². The molecule has 1 unspecified atom stereocenters. The molecule has 0 aromatic carbocycles. The highest BCUT2D eigenvalue weighted by molar-refractivity contribution is 5.93. The third kappa shape index (κ3) is 3.84. The lowest BCUT2D eigenvalue weighted by Crippen LogP contribution is -2.51. The summed E-state index contributed by atoms with van der Waals surface area (Å²) < 4.78 is 4.78. The van der Waals surface area contributed by atoms with Crippen molar-refractivity contribution in [3.05, 3.63) is 24.4 Å². The fourth-order valence-electron chi connectivity index (χ4n) is 2.19. The smallest absolute Gasteiger partial charge is 0.337 e. The molecule has 106 valence electrons. The number of carbonyl (C=O) groups excluding carboxylic acids is 2. The molecule has 0 saturated carbocycles. The van der Waals surface area contributed by atoms with Crippen molar-refractivity contribution in [1.29, 1.82) is 0 Å². The van der Waals surface area contributed by atoms with E-state index in [-0.39, 0.29) is 12.1 Å². The summed E-state index contributed by atoms with van der Waals surface area (Å²) in [5, 5.41) is 2.58. The first kappa shape index (κ1) is 15.3. The summed E-state index contributed by atoms with van der Waals surface area (Å²) in [6.07, 6.45) is 7.02. The first-order valence-corrected chi connectivity index (χ1v) is 6.62. The molecule has 0 spiro atoms. The molecule has 0 radical (unpaired) electrons. The summed E-state index contributed by atoms with van der Waals surface area (Å²) >= 11 is 0. The van der Waals surface area contributed by atoms with Gasteiger partial charge >= 0.3 is 12.0 Å². The van der Waals surface area contributed by atoms with Gasteiger partial charge in [-0.2, -0.15) is 0 Å². The lowest BCUT2D eigenvalue weighted by molar-refractivity contribution is -0.136. The van der Waals surface area contributed by atoms with Gasteiger partial charge in [-0.05, 0) is 6.42 Å². The fraction of sp³-hybridized carbons (Fsp3) is 0.571. The van der Waals surface area contributed by atoms with E-state index in [1.54, 1.807) is 11.0 Å². The minimum Gasteiger partial charge on any atom is -0.466 e. The van der Waals surface area contributed by atoms with Crippen LogP contribution in [-0.4, -0.2) is 36.6 Å². The number of ether oxygens (including phenoxy) is 1. The van der Waals surface area contributed by atoms with Crippen LogP contribution in [-0.2, 0) is 9.53 Å². The van der Waals surface area contributed by atoms with Crippen LogP contribution in [0.15, 0.2) is 24.4 Å². The van der Waals surface area contributed by atoms with E-state index in [1.165, 1.54) is 13.3 Å². The van der Waals surface area contributed by atoms with Gasteiger partial charge in [0.15, 0.2) is 0 Å². The molecular weight excluding hydrogens is 244 g/mol. The summed E-state index contributed by atoms with van der Waals surface area (Å²) in [5.74, 6) is -0.393. The number of nitrogens with zero attached hydrogens (tertiary/aromatic N) is 1. The Labute approximate surface area is 114 Å². The Morgan fingerprint density at radius 2 is 2.32 bits per heavy atom. The normalized spacial score (nSPS) is 18.6. The van der Waals surface area contributed by atoms with E-state index >= 15 is 0 Å². The summed E-state index contributed by atoms with van der Waals surface area (Å²) in [4.78, 5) is 25.2. The van der Waals surface area contributed by atoms with Gasteiger partial charge < -0.3 is 15.0 Å². The molecule has 1 aliphatic heterocycles. The van der Waals surface area contributed by atoms with Crippen LogP contribution in [0, 0.1) is 0 Å². The van der Waals surface area contributed by atoms with Gasteiger partial charge in [-0.3, -0.25) is 0 Å². The molecule has 0 fully saturated rings. The molecule has 2 amide bonds. The largest absolute Gasteiger partial charge is 0.466 e. The van der Waals surface area contributed by atoms with E-state index in [1.807, 2.05) is 0 Å². The average molecular weight is 266 g/mol. The van der Waals surface area contributed by atoms with E-state index in [0.29, 0.717) is 12.1 Å². The zero-order valence-corrected chi connectivity index (χ0v) is 11.6. The Kier molecular flexibility index (Phi) is 6.12. The fourth-order valence-corrected chi connectivity index (χ4v) is 2.19. The number of urea groups is 1. The Bertz CT molecular complexity index is 377. The zero-order chi connectivity index (χ0) is 14.3. The predicted molar refractivity (Wildman–Crippen MR) is 73.5 cm³/mol. The summed E-state index contributed by atoms with van der Waals surface area (Å²) in [6.45, 7) is 6.18. The van der Waals surface area contributed by atoms with Gasteiger partial charge in [-0.15, -0.1) is 6.58 Å². The van der Waals surface area contributed by atoms with Crippen LogP contribution in [0.2, 0.25) is 0 Å². The number of hydrogen-bond donors (Lipinski definition) is 1. The summed E-state index contributed by atoms with van der Waals surface area (Å²) in [7, 11) is 1.35. The Hall–Kier alpha value is -1.78. The van der Waals surface area contributed by atoms with Crippen molar-refractivity contribution in [3.8, 4) is 0 Å². The molecule has 0 aromatic heterocycles. The standard InChI is InChI=1S/C14H22N2O3/c1-4-6-7-8-12-11(13(17)19-3)10-15-14(18)16(12)9-5-2/h5,10,12H,2,4,6-9H2,1,3H3,(H,15,18). The van der Waals surface area contributed by atoms with Gasteiger partial charge in [-0.25, -0.2) is 9.59 Å². The molecule has 5 nitrogen and oxygen atoms in total. The minimum atomic E-state index is -0.393. The van der Waals surface area contributed by atoms with Crippen LogP contribution in [0.1, 0.15) is 32.6 Å². The molecule has 0 bridgehead atoms. The number of nitrogens with one attached hydrogen (secondary N) is 1. The van der Waals surface area contributed by atoms with E-state index in [0.717, 1.165) is 25.7 Å². The maximum absolute atomic E-state index is 11.9. The van der Waals surface area contributed by atoms with Crippen LogP contribution < -0.4 is 5.32 Å². The van der Waals surface area contributed by atoms with Crippen molar-refractivity contribution in [3.63, 3.8) is 0 Å². The molecular formula is C14H22N2O3. The number of unbranched alkanes of at least 4 members (excludes halogenated alkanes) is 2. The maximum atomic E-state index is 11.9. The van der Waals surface area contributed by atoms with E-state index in [4.69, 9.17) is 4.74 Å². The molecule has 1 atom stereocenters. The highest BCUT2D eigenvalue weighted by Crippen LogP contribution is 2.22. The van der Waals surface area contributed by atoms with Crippen molar-refractivity contribution >= 4 is 12.0 Å². The SMILES string of the molecule is C=CCN1C(=O)NC=C(C(=O)OC)C1CCCCC. The number of carbonyl (C=O) groups is 2. The average Bonchev–Trinajstić information content (AvgIpc) is 2.42. The number of esters is 1. The molecule has 0 aromatic rings. The van der Waals surface area contributed by atoms with Crippen LogP contribution in [0.4, 0.5) is 4.79 Å². The second-order valence-corrected chi connectivity index (χ2v) is 4.49. The minimum absolute atomic E-state index is 0.200. The molecule has 1 N–H and O–H groups in total. The number of hydrogen-bond acceptors (Lipinski definition) is 3. The topological polar surface area (TPSA) is 58.6 Å². The Morgan fingerprint density at radius 3 is 2.89 bits per heavy atom. The number of amides is 2. The van der Waals surface area contributed by atoms with Crippen LogP contribution in [0.5, 0.6) is 0 Å². The second-order valence-electron chi connectivity index (χ2n) is 4.49. The first-order chi connectivity index (χ1) is 9.15. The van der Waals surface area contributed by atoms with E-state index < -0.39 is 5.97 Å². The monoisotopic (exact) mass is 266 g/mol. The number of rotatable bonds is 7. The summed E-state index contributed by atoms with van der Waals surface area (Å²) in [6, 6.07) is -0.431. The van der Waals surface area contributed by atoms with E-state index in [9.17, 15) is 9.59 Å². The van der Waals surface area contributed by atoms with Crippen molar-refractivity contribution in [1.82, 2.24) is 10.2 Å². The third-order valence-electron chi connectivity index (χ3n) is 3.18. The highest BCUT2D eigenvalue weighted by Gasteiger charge is 2.33. The van der Waals surface area contributed by atoms with Crippen LogP contribution >= 0.6 is 0 Å². The maximum Gasteiger partial charge on any atom is 0.337 e. The molecule has 5 heteroatoms. The van der Waals surface area contributed by atoms with Gasteiger partial charge in [0.25, 0.3) is 0 Å². The van der Waals surface area contributed by atoms with E-state index in [2.05, 4.69) is 18.8 Å². The lowest BCUT2D eigenvalue weighted by Gasteiger charge is -2.34. The van der Waals surface area contributed by atoms with Crippen molar-refractivity contribution in [2.45, 2.75) is 38.6 Å². The van der Waals surface area contributed by atoms with Crippen LogP contribution in [0.3, 0.4) is 0 Å². The van der Waals surface area contributed by atoms with Crippen molar-refractivity contribution in [2.24, 2.45) is 0 Å². The third-order valence-corrected chi connectivity index (χ3v) is 3.18. The lowest BCUT2D eigenvalue weighted by atomic mass is 9.98. The van der Waals surface area contributed by atoms with Gasteiger partial charge in [0.05, 0.1) is 18.7 Å². The molecule has 19 heavy (non-hydrogen) atoms. The van der Waals surface area contributed by atoms with Gasteiger partial charge in [0.1, 0.15) is 0 Å². The molecule has 0 saturated heterocycles. The number of methoxy groups -OCH3 is 1. The second kappa shape index (κ2) is 7.61. The van der Waals surface area contributed by atoms with Crippen molar-refractivity contribution in [2.75, 3.05) is 13.7 Å². The van der Waals surface area contributed by atoms with Crippen LogP contribution in [0.25, 0.3) is 0 Å². The first-order valence-electron chi connectivity index (χ1n) is 6.62. The highest BCUT2D eigenvalue weighted by atomic mass is 16.5. The van der Waals surface area contributed by atoms with Gasteiger partial charge in [-0.1, -0.05) is 32.3 Å². The molecule has 1 heterocycles. The quantitative estimate of drug-likeness (QED) is 0.436. The summed E-state index contributed by atoms with van der Waals surface area (Å²) in [5.41, 5.74) is 0.500. The Balaban J connectivity index is 2.89. The zero-order valence-electron chi connectivity index (χ0n) is 11.6. The predicted octanol–water partition coefficient (Wildman–Crippen LogP) is 2.20. The molecule has 1 rings (SSSR count). The van der Waals surface area contributed by atoms with Gasteiger partial charge in [0.2, 0.25) is 0 Å². The molecule has 1 aliphatic rings. The molecule has 0 aliphatic carbocycles. The van der Waals surface area contributed by atoms with Gasteiger partial charge in [0, 0.05) is 12.7 Å². The Morgan fingerprint density at radius 1 is 1.58 bits per heavy atom.